The lowest BCUT2D eigenvalue weighted by Crippen LogP contribution is -2.45. The van der Waals surface area contributed by atoms with Crippen LogP contribution in [0.1, 0.15) is 28.8 Å². The van der Waals surface area contributed by atoms with E-state index in [4.69, 9.17) is 4.74 Å². The van der Waals surface area contributed by atoms with Crippen LogP contribution in [0.4, 0.5) is 17.5 Å². The average Bonchev–Trinajstić information content (AvgIpc) is 2.80. The van der Waals surface area contributed by atoms with Crippen LogP contribution in [-0.4, -0.2) is 42.1 Å². The normalized spacial score (nSPS) is 14.2. The molecular weight excluding hydrogens is 390 g/mol. The minimum atomic E-state index is -0.00140. The van der Waals surface area contributed by atoms with Crippen LogP contribution in [0, 0.1) is 6.92 Å². The number of aryl methyl sites for hydroxylation is 1. The van der Waals surface area contributed by atoms with Gasteiger partial charge in [-0.15, -0.1) is 0 Å². The molecule has 4 rings (SSSR count). The van der Waals surface area contributed by atoms with Gasteiger partial charge in [-0.1, -0.05) is 18.2 Å². The quantitative estimate of drug-likeness (QED) is 0.633. The second-order valence-corrected chi connectivity index (χ2v) is 7.65. The summed E-state index contributed by atoms with van der Waals surface area (Å²) in [6.07, 6.45) is 3.48. The number of anilines is 3. The predicted molar refractivity (Wildman–Crippen MR) is 122 cm³/mol. The van der Waals surface area contributed by atoms with E-state index in [0.29, 0.717) is 5.95 Å². The molecule has 1 aromatic heterocycles. The van der Waals surface area contributed by atoms with Crippen molar-refractivity contribution in [3.05, 3.63) is 71.9 Å². The maximum atomic E-state index is 12.6. The fraction of sp³-hybridized carbons (Fsp3) is 0.292. The fourth-order valence-electron chi connectivity index (χ4n) is 3.71. The van der Waals surface area contributed by atoms with Crippen molar-refractivity contribution >= 4 is 23.4 Å². The minimum absolute atomic E-state index is 0.00140. The number of methoxy groups -OCH3 is 1. The minimum Gasteiger partial charge on any atom is -0.497 e. The molecule has 1 saturated heterocycles. The SMILES string of the molecule is COc1ccc(Nc2ccnc(N3CCC(NC(=O)c4ccccc4C)CC3)n2)cc1. The van der Waals surface area contributed by atoms with Crippen molar-refractivity contribution in [3.63, 3.8) is 0 Å². The van der Waals surface area contributed by atoms with E-state index in [1.54, 1.807) is 13.3 Å². The molecule has 0 atom stereocenters. The van der Waals surface area contributed by atoms with Crippen molar-refractivity contribution in [2.75, 3.05) is 30.4 Å². The highest BCUT2D eigenvalue weighted by Gasteiger charge is 2.23. The lowest BCUT2D eigenvalue weighted by molar-refractivity contribution is 0.0930. The maximum Gasteiger partial charge on any atom is 0.251 e. The summed E-state index contributed by atoms with van der Waals surface area (Å²) in [5.41, 5.74) is 2.67. The molecule has 1 amide bonds. The first kappa shape index (κ1) is 20.7. The maximum absolute atomic E-state index is 12.6. The number of hydrogen-bond acceptors (Lipinski definition) is 6. The zero-order valence-corrected chi connectivity index (χ0v) is 17.8. The molecule has 0 bridgehead atoms. The van der Waals surface area contributed by atoms with Crippen molar-refractivity contribution < 1.29 is 9.53 Å². The van der Waals surface area contributed by atoms with E-state index in [1.165, 1.54) is 0 Å². The van der Waals surface area contributed by atoms with E-state index in [0.717, 1.165) is 54.3 Å². The van der Waals surface area contributed by atoms with Gasteiger partial charge in [0.2, 0.25) is 5.95 Å². The molecule has 0 aliphatic carbocycles. The van der Waals surface area contributed by atoms with E-state index in [1.807, 2.05) is 61.5 Å². The van der Waals surface area contributed by atoms with Crippen LogP contribution in [0.2, 0.25) is 0 Å². The van der Waals surface area contributed by atoms with Crippen LogP contribution < -0.4 is 20.3 Å². The van der Waals surface area contributed by atoms with Crippen molar-refractivity contribution in [2.24, 2.45) is 0 Å². The second kappa shape index (κ2) is 9.47. The molecule has 7 heteroatoms. The average molecular weight is 418 g/mol. The first-order valence-electron chi connectivity index (χ1n) is 10.5. The number of nitrogens with zero attached hydrogens (tertiary/aromatic N) is 3. The van der Waals surface area contributed by atoms with E-state index in [2.05, 4.69) is 25.5 Å². The third-order valence-electron chi connectivity index (χ3n) is 5.51. The van der Waals surface area contributed by atoms with E-state index >= 15 is 0 Å². The van der Waals surface area contributed by atoms with Crippen molar-refractivity contribution in [3.8, 4) is 5.75 Å². The molecule has 0 saturated carbocycles. The zero-order chi connectivity index (χ0) is 21.6. The van der Waals surface area contributed by atoms with Gasteiger partial charge in [-0.3, -0.25) is 4.79 Å². The Morgan fingerprint density at radius 3 is 2.52 bits per heavy atom. The molecule has 31 heavy (non-hydrogen) atoms. The Kier molecular flexibility index (Phi) is 6.31. The highest BCUT2D eigenvalue weighted by Crippen LogP contribution is 2.22. The summed E-state index contributed by atoms with van der Waals surface area (Å²) in [7, 11) is 1.65. The van der Waals surface area contributed by atoms with Gasteiger partial charge >= 0.3 is 0 Å². The van der Waals surface area contributed by atoms with Gasteiger partial charge in [0.05, 0.1) is 7.11 Å². The Labute approximate surface area is 182 Å². The van der Waals surface area contributed by atoms with Gasteiger partial charge in [0, 0.05) is 36.6 Å². The van der Waals surface area contributed by atoms with Crippen LogP contribution in [0.15, 0.2) is 60.8 Å². The molecule has 2 N–H and O–H groups in total. The summed E-state index contributed by atoms with van der Waals surface area (Å²) in [6.45, 7) is 3.55. The molecule has 3 aromatic rings. The molecule has 2 heterocycles. The van der Waals surface area contributed by atoms with Gasteiger partial charge in [-0.05, 0) is 61.7 Å². The first-order chi connectivity index (χ1) is 15.1. The molecular formula is C24H27N5O2. The number of carbonyl (C=O) groups excluding carboxylic acids is 1. The lowest BCUT2D eigenvalue weighted by Gasteiger charge is -2.32. The number of amides is 1. The largest absolute Gasteiger partial charge is 0.497 e. The van der Waals surface area contributed by atoms with Crippen LogP contribution in [-0.2, 0) is 0 Å². The highest BCUT2D eigenvalue weighted by atomic mass is 16.5. The monoisotopic (exact) mass is 417 g/mol. The summed E-state index contributed by atoms with van der Waals surface area (Å²) in [5, 5.41) is 6.48. The van der Waals surface area contributed by atoms with Crippen molar-refractivity contribution in [2.45, 2.75) is 25.8 Å². The third-order valence-corrected chi connectivity index (χ3v) is 5.51. The van der Waals surface area contributed by atoms with Crippen molar-refractivity contribution in [1.82, 2.24) is 15.3 Å². The van der Waals surface area contributed by atoms with E-state index in [9.17, 15) is 4.79 Å². The first-order valence-corrected chi connectivity index (χ1v) is 10.5. The third kappa shape index (κ3) is 5.12. The van der Waals surface area contributed by atoms with Gasteiger partial charge < -0.3 is 20.3 Å². The molecule has 0 radical (unpaired) electrons. The smallest absolute Gasteiger partial charge is 0.251 e. The Morgan fingerprint density at radius 2 is 1.81 bits per heavy atom. The molecule has 2 aromatic carbocycles. The molecule has 1 aliphatic heterocycles. The molecule has 7 nitrogen and oxygen atoms in total. The second-order valence-electron chi connectivity index (χ2n) is 7.65. The van der Waals surface area contributed by atoms with Gasteiger partial charge in [0.25, 0.3) is 5.91 Å². The van der Waals surface area contributed by atoms with E-state index < -0.39 is 0 Å². The lowest BCUT2D eigenvalue weighted by atomic mass is 10.0. The number of aromatic nitrogens is 2. The fourth-order valence-corrected chi connectivity index (χ4v) is 3.71. The van der Waals surface area contributed by atoms with Gasteiger partial charge in [-0.25, -0.2) is 4.98 Å². The Balaban J connectivity index is 1.34. The topological polar surface area (TPSA) is 79.4 Å². The van der Waals surface area contributed by atoms with E-state index in [-0.39, 0.29) is 11.9 Å². The Morgan fingerprint density at radius 1 is 1.06 bits per heavy atom. The number of piperidine rings is 1. The van der Waals surface area contributed by atoms with Gasteiger partial charge in [0.1, 0.15) is 11.6 Å². The predicted octanol–water partition coefficient (Wildman–Crippen LogP) is 3.94. The number of benzene rings is 2. The molecule has 160 valence electrons. The number of rotatable bonds is 6. The molecule has 1 fully saturated rings. The summed E-state index contributed by atoms with van der Waals surface area (Å²) < 4.78 is 5.20. The van der Waals surface area contributed by atoms with Gasteiger partial charge in [-0.2, -0.15) is 4.98 Å². The van der Waals surface area contributed by atoms with Crippen molar-refractivity contribution in [1.29, 1.82) is 0 Å². The summed E-state index contributed by atoms with van der Waals surface area (Å²) in [5.74, 6) is 2.25. The molecule has 1 aliphatic rings. The van der Waals surface area contributed by atoms with Crippen LogP contribution in [0.3, 0.4) is 0 Å². The van der Waals surface area contributed by atoms with Crippen LogP contribution in [0.5, 0.6) is 5.75 Å². The number of carbonyl (C=O) groups is 1. The summed E-state index contributed by atoms with van der Waals surface area (Å²) in [4.78, 5) is 23.8. The standard InChI is InChI=1S/C24H27N5O2/c1-17-5-3-4-6-21(17)23(30)27-19-12-15-29(16-13-19)24-25-14-11-22(28-24)26-18-7-9-20(31-2)10-8-18/h3-11,14,19H,12-13,15-16H2,1-2H3,(H,27,30)(H,25,26,28). The molecule has 0 spiro atoms. The number of nitrogens with one attached hydrogen (secondary N) is 2. The number of hydrogen-bond donors (Lipinski definition) is 2. The summed E-state index contributed by atoms with van der Waals surface area (Å²) >= 11 is 0. The van der Waals surface area contributed by atoms with Crippen LogP contribution in [0.25, 0.3) is 0 Å². The van der Waals surface area contributed by atoms with Crippen LogP contribution >= 0.6 is 0 Å². The Hall–Kier alpha value is -3.61. The van der Waals surface area contributed by atoms with Gasteiger partial charge in [0.15, 0.2) is 0 Å². The summed E-state index contributed by atoms with van der Waals surface area (Å²) in [6, 6.07) is 17.4. The Bertz CT molecular complexity index is 1030. The highest BCUT2D eigenvalue weighted by molar-refractivity contribution is 5.95. The zero-order valence-electron chi connectivity index (χ0n) is 17.8. The number of ether oxygens (including phenoxy) is 1. The molecule has 0 unspecified atom stereocenters.